The Morgan fingerprint density at radius 1 is 0.950 bits per heavy atom. The van der Waals surface area contributed by atoms with Gasteiger partial charge in [0.25, 0.3) is 0 Å². The van der Waals surface area contributed by atoms with Crippen molar-refractivity contribution in [1.29, 1.82) is 0 Å². The maximum absolute atomic E-state index is 12.3. The van der Waals surface area contributed by atoms with Crippen LogP contribution >= 0.6 is 0 Å². The molecule has 20 heavy (non-hydrogen) atoms. The van der Waals surface area contributed by atoms with E-state index >= 15 is 0 Å². The van der Waals surface area contributed by atoms with Crippen molar-refractivity contribution in [2.45, 2.75) is 27.2 Å². The van der Waals surface area contributed by atoms with Crippen molar-refractivity contribution in [3.05, 3.63) is 0 Å². The number of nitrogens with zero attached hydrogens (tertiary/aromatic N) is 1. The molecular weight excluding hydrogens is 302 g/mol. The van der Waals surface area contributed by atoms with E-state index in [9.17, 15) is 8.42 Å². The second-order valence-electron chi connectivity index (χ2n) is 4.23. The highest BCUT2D eigenvalue weighted by molar-refractivity contribution is 8.16. The minimum Gasteiger partial charge on any atom is -0.361 e. The lowest BCUT2D eigenvalue weighted by atomic mass is 10.4. The van der Waals surface area contributed by atoms with Crippen LogP contribution in [0.4, 0.5) is 0 Å². The first-order chi connectivity index (χ1) is 9.35. The van der Waals surface area contributed by atoms with E-state index in [2.05, 4.69) is 0 Å². The fourth-order valence-corrected chi connectivity index (χ4v) is 6.76. The second kappa shape index (κ2) is 9.82. The quantitative estimate of drug-likeness (QED) is 0.388. The van der Waals surface area contributed by atoms with E-state index in [1.165, 1.54) is 0 Å². The van der Waals surface area contributed by atoms with Crippen molar-refractivity contribution in [3.63, 3.8) is 0 Å². The summed E-state index contributed by atoms with van der Waals surface area (Å²) in [6.45, 7) is 6.47. The molecule has 0 saturated carbocycles. The van der Waals surface area contributed by atoms with Gasteiger partial charge in [-0.1, -0.05) is 0 Å². The highest BCUT2D eigenvalue weighted by atomic mass is 32.4. The van der Waals surface area contributed by atoms with Crippen LogP contribution < -0.4 is 0 Å². The van der Waals surface area contributed by atoms with Gasteiger partial charge in [0, 0.05) is 19.8 Å². The van der Waals surface area contributed by atoms with E-state index in [0.29, 0.717) is 6.42 Å². The van der Waals surface area contributed by atoms with Crippen LogP contribution in [0, 0.1) is 0 Å². The smallest absolute Gasteiger partial charge is 0.361 e. The van der Waals surface area contributed by atoms with Gasteiger partial charge >= 0.3 is 17.5 Å². The van der Waals surface area contributed by atoms with Gasteiger partial charge in [0.1, 0.15) is 0 Å². The third-order valence-corrected chi connectivity index (χ3v) is 8.53. The highest BCUT2D eigenvalue weighted by Crippen LogP contribution is 2.20. The lowest BCUT2D eigenvalue weighted by molar-refractivity contribution is 0.0878. The third-order valence-electron chi connectivity index (χ3n) is 2.26. The summed E-state index contributed by atoms with van der Waals surface area (Å²) in [4.78, 5) is 1.95. The summed E-state index contributed by atoms with van der Waals surface area (Å²) in [7, 11) is -4.06. The van der Waals surface area contributed by atoms with Gasteiger partial charge in [-0.2, -0.15) is 8.42 Å². The molecular formula is C11H27NO6SSi. The van der Waals surface area contributed by atoms with Crippen molar-refractivity contribution in [1.82, 2.24) is 4.90 Å². The Morgan fingerprint density at radius 2 is 1.40 bits per heavy atom. The van der Waals surface area contributed by atoms with Crippen molar-refractivity contribution in [2.24, 2.45) is 0 Å². The number of hydrogen-bond acceptors (Lipinski definition) is 7. The summed E-state index contributed by atoms with van der Waals surface area (Å²) in [6, 6.07) is 0. The van der Waals surface area contributed by atoms with Gasteiger partial charge in [0.15, 0.2) is 0 Å². The highest BCUT2D eigenvalue weighted by Gasteiger charge is 2.58. The number of hydrogen-bond donors (Lipinski definition) is 0. The molecule has 0 aliphatic rings. The van der Waals surface area contributed by atoms with Crippen molar-refractivity contribution in [2.75, 3.05) is 47.1 Å². The molecule has 0 N–H and O–H groups in total. The Kier molecular flexibility index (Phi) is 9.81. The van der Waals surface area contributed by atoms with Gasteiger partial charge in [-0.3, -0.25) is 4.18 Å². The molecule has 0 atom stereocenters. The largest absolute Gasteiger partial charge is 0.667 e. The number of rotatable bonds is 12. The molecule has 0 unspecified atom stereocenters. The lowest BCUT2D eigenvalue weighted by Crippen LogP contribution is -2.54. The molecule has 0 saturated heterocycles. The maximum atomic E-state index is 12.3. The molecule has 0 radical (unpaired) electrons. The van der Waals surface area contributed by atoms with Crippen LogP contribution in [0.5, 0.6) is 0 Å². The maximum Gasteiger partial charge on any atom is 0.667 e. The molecule has 0 spiro atoms. The first-order valence-electron chi connectivity index (χ1n) is 6.80. The lowest BCUT2D eigenvalue weighted by Gasteiger charge is -2.26. The van der Waals surface area contributed by atoms with Gasteiger partial charge in [-0.15, -0.1) is 0 Å². The van der Waals surface area contributed by atoms with E-state index < -0.39 is 17.5 Å². The van der Waals surface area contributed by atoms with Crippen LogP contribution in [0.2, 0.25) is 0 Å². The van der Waals surface area contributed by atoms with Crippen molar-refractivity contribution in [3.8, 4) is 0 Å². The van der Waals surface area contributed by atoms with Crippen LogP contribution in [0.15, 0.2) is 0 Å². The SMILES string of the molecule is CCO[Si](OCC)(OCC)S(=O)(=O)OCCCN(C)C. The monoisotopic (exact) mass is 329 g/mol. The van der Waals surface area contributed by atoms with Crippen LogP contribution in [0.25, 0.3) is 0 Å². The molecule has 0 aliphatic heterocycles. The van der Waals surface area contributed by atoms with E-state index in [0.717, 1.165) is 6.54 Å². The summed E-state index contributed by atoms with van der Waals surface area (Å²) in [5, 5.41) is 0. The minimum absolute atomic E-state index is 0.0858. The second-order valence-corrected chi connectivity index (χ2v) is 10.2. The molecule has 0 aromatic carbocycles. The Hall–Kier alpha value is -0.0331. The summed E-state index contributed by atoms with van der Waals surface area (Å²) in [5.74, 6) is 0. The average molecular weight is 329 g/mol. The average Bonchev–Trinajstić information content (AvgIpc) is 2.35. The molecule has 0 aromatic rings. The van der Waals surface area contributed by atoms with Crippen molar-refractivity contribution >= 4 is 17.5 Å². The zero-order chi connectivity index (χ0) is 15.6. The normalized spacial score (nSPS) is 13.1. The fraction of sp³-hybridized carbons (Fsp3) is 1.00. The minimum atomic E-state index is -4.01. The Morgan fingerprint density at radius 3 is 1.75 bits per heavy atom. The predicted octanol–water partition coefficient (Wildman–Crippen LogP) is 0.830. The summed E-state index contributed by atoms with van der Waals surface area (Å²) < 4.78 is 45.6. The Bertz CT molecular complexity index is 332. The molecule has 0 rings (SSSR count). The summed E-state index contributed by atoms with van der Waals surface area (Å²) >= 11 is 0. The topological polar surface area (TPSA) is 74.3 Å². The molecule has 0 aromatic heterocycles. The Labute approximate surface area is 123 Å². The summed E-state index contributed by atoms with van der Waals surface area (Å²) in [6.07, 6.45) is 0.598. The summed E-state index contributed by atoms with van der Waals surface area (Å²) in [5.41, 5.74) is 0. The van der Waals surface area contributed by atoms with Crippen LogP contribution in [0.3, 0.4) is 0 Å². The standard InChI is InChI=1S/C11H27NO6SSi/c1-6-16-20(17-7-2,18-8-3)19(13,14)15-11-9-10-12(4)5/h6-11H2,1-5H3. The van der Waals surface area contributed by atoms with E-state index in [1.54, 1.807) is 20.8 Å². The predicted molar refractivity (Wildman–Crippen MR) is 78.7 cm³/mol. The Balaban J connectivity index is 4.83. The molecule has 0 fully saturated rings. The van der Waals surface area contributed by atoms with Crippen LogP contribution in [0.1, 0.15) is 27.2 Å². The van der Waals surface area contributed by atoms with Gasteiger partial charge in [0.2, 0.25) is 0 Å². The molecule has 7 nitrogen and oxygen atoms in total. The molecule has 0 aliphatic carbocycles. The zero-order valence-electron chi connectivity index (χ0n) is 13.0. The van der Waals surface area contributed by atoms with Gasteiger partial charge in [0.05, 0.1) is 6.61 Å². The van der Waals surface area contributed by atoms with E-state index in [4.69, 9.17) is 17.5 Å². The molecule has 0 amide bonds. The van der Waals surface area contributed by atoms with Gasteiger partial charge in [-0.25, -0.2) is 0 Å². The third kappa shape index (κ3) is 6.16. The van der Waals surface area contributed by atoms with Crippen LogP contribution in [-0.4, -0.2) is 68.3 Å². The van der Waals surface area contributed by atoms with Crippen molar-refractivity contribution < 1.29 is 25.9 Å². The van der Waals surface area contributed by atoms with E-state index in [1.807, 2.05) is 19.0 Å². The first kappa shape index (κ1) is 20.0. The molecule has 0 bridgehead atoms. The van der Waals surface area contributed by atoms with E-state index in [-0.39, 0.29) is 26.4 Å². The molecule has 0 heterocycles. The fourth-order valence-electron chi connectivity index (χ4n) is 1.49. The van der Waals surface area contributed by atoms with Gasteiger partial charge < -0.3 is 18.2 Å². The van der Waals surface area contributed by atoms with Gasteiger partial charge in [-0.05, 0) is 47.8 Å². The molecule has 122 valence electrons. The molecule has 9 heteroatoms. The first-order valence-corrected chi connectivity index (χ1v) is 10.7. The zero-order valence-corrected chi connectivity index (χ0v) is 14.9. The van der Waals surface area contributed by atoms with Crippen LogP contribution in [-0.2, 0) is 27.0 Å².